The van der Waals surface area contributed by atoms with Gasteiger partial charge in [-0.05, 0) is 62.7 Å². The lowest BCUT2D eigenvalue weighted by Gasteiger charge is -2.26. The average molecular weight is 488 g/mol. The minimum Gasteiger partial charge on any atom is -0.489 e. The molecule has 9 heteroatoms. The average Bonchev–Trinajstić information content (AvgIpc) is 3.29. The van der Waals surface area contributed by atoms with E-state index in [1.54, 1.807) is 13.2 Å². The first kappa shape index (κ1) is 23.0. The Balaban J connectivity index is 1.61. The molecule has 1 aromatic carbocycles. The Morgan fingerprint density at radius 3 is 2.77 bits per heavy atom. The number of fused-ring (bicyclic) bond motifs is 1. The SMILES string of the molecule is Cc1cc(C#N)cc(-c2ccnc3cc(Cn4c(=O)ccn(C)c4=O)sc23)c1OC1CCNCC1. The fraction of sp³-hybridized carbons (Fsp3) is 0.308. The summed E-state index contributed by atoms with van der Waals surface area (Å²) in [7, 11) is 1.62. The van der Waals surface area contributed by atoms with E-state index in [-0.39, 0.29) is 23.9 Å². The second-order valence-corrected chi connectivity index (χ2v) is 9.90. The second-order valence-electron chi connectivity index (χ2n) is 8.77. The molecule has 35 heavy (non-hydrogen) atoms. The Hall–Kier alpha value is -3.74. The van der Waals surface area contributed by atoms with Crippen LogP contribution in [0.25, 0.3) is 21.3 Å². The van der Waals surface area contributed by atoms with Gasteiger partial charge in [-0.25, -0.2) is 4.79 Å². The first-order valence-electron chi connectivity index (χ1n) is 11.5. The van der Waals surface area contributed by atoms with E-state index in [0.717, 1.165) is 63.5 Å². The van der Waals surface area contributed by atoms with Gasteiger partial charge in [-0.1, -0.05) is 0 Å². The van der Waals surface area contributed by atoms with Crippen LogP contribution in [0.3, 0.4) is 0 Å². The minimum atomic E-state index is -0.363. The van der Waals surface area contributed by atoms with Crippen molar-refractivity contribution in [2.24, 2.45) is 7.05 Å². The number of benzene rings is 1. The number of nitrogens with one attached hydrogen (secondary N) is 1. The standard InChI is InChI=1S/C26H25N5O3S/c1-16-11-17(14-27)12-21(24(16)34-18-3-7-28-8-4-18)20-5-9-29-22-13-19(35-25(20)22)15-31-23(32)6-10-30(2)26(31)33/h5-6,9-13,18,28H,3-4,7-8,15H2,1-2H3. The lowest BCUT2D eigenvalue weighted by Crippen LogP contribution is -2.37. The number of piperidine rings is 1. The number of hydrogen-bond donors (Lipinski definition) is 1. The summed E-state index contributed by atoms with van der Waals surface area (Å²) in [4.78, 5) is 30.2. The van der Waals surface area contributed by atoms with Gasteiger partial charge in [-0.15, -0.1) is 11.3 Å². The summed E-state index contributed by atoms with van der Waals surface area (Å²) in [6.07, 6.45) is 5.17. The number of aryl methyl sites for hydroxylation is 2. The van der Waals surface area contributed by atoms with Gasteiger partial charge in [-0.3, -0.25) is 14.3 Å². The van der Waals surface area contributed by atoms with E-state index in [2.05, 4.69) is 16.4 Å². The van der Waals surface area contributed by atoms with Gasteiger partial charge in [0.2, 0.25) is 0 Å². The second kappa shape index (κ2) is 9.49. The van der Waals surface area contributed by atoms with Crippen molar-refractivity contribution in [2.45, 2.75) is 32.4 Å². The third-order valence-electron chi connectivity index (χ3n) is 6.28. The maximum absolute atomic E-state index is 12.5. The van der Waals surface area contributed by atoms with Crippen LogP contribution in [0.2, 0.25) is 0 Å². The van der Waals surface area contributed by atoms with Crippen molar-refractivity contribution in [3.8, 4) is 22.9 Å². The van der Waals surface area contributed by atoms with Crippen molar-refractivity contribution in [2.75, 3.05) is 13.1 Å². The molecule has 0 spiro atoms. The zero-order valence-electron chi connectivity index (χ0n) is 19.6. The van der Waals surface area contributed by atoms with E-state index >= 15 is 0 Å². The molecule has 0 atom stereocenters. The third-order valence-corrected chi connectivity index (χ3v) is 7.42. The summed E-state index contributed by atoms with van der Waals surface area (Å²) in [6, 6.07) is 11.2. The molecule has 1 fully saturated rings. The molecule has 0 saturated carbocycles. The van der Waals surface area contributed by atoms with Crippen LogP contribution in [0.15, 0.2) is 52.3 Å². The number of ether oxygens (including phenoxy) is 1. The summed E-state index contributed by atoms with van der Waals surface area (Å²) >= 11 is 1.49. The van der Waals surface area contributed by atoms with Crippen LogP contribution >= 0.6 is 11.3 Å². The number of hydrogen-bond acceptors (Lipinski definition) is 7. The Morgan fingerprint density at radius 1 is 1.20 bits per heavy atom. The van der Waals surface area contributed by atoms with E-state index in [1.165, 1.54) is 32.7 Å². The number of aromatic nitrogens is 3. The molecule has 0 unspecified atom stereocenters. The number of nitrogens with zero attached hydrogens (tertiary/aromatic N) is 4. The van der Waals surface area contributed by atoms with Crippen LogP contribution < -0.4 is 21.3 Å². The number of pyridine rings is 1. The molecule has 4 heterocycles. The molecule has 1 aliphatic rings. The van der Waals surface area contributed by atoms with Crippen LogP contribution in [0.1, 0.15) is 28.8 Å². The maximum Gasteiger partial charge on any atom is 0.331 e. The van der Waals surface area contributed by atoms with Gasteiger partial charge < -0.3 is 14.6 Å². The molecular formula is C26H25N5O3S. The molecule has 1 saturated heterocycles. The molecule has 3 aromatic heterocycles. The minimum absolute atomic E-state index is 0.110. The van der Waals surface area contributed by atoms with Crippen LogP contribution in [0.5, 0.6) is 5.75 Å². The molecule has 178 valence electrons. The van der Waals surface area contributed by atoms with Gasteiger partial charge in [0.05, 0.1) is 28.4 Å². The predicted molar refractivity (Wildman–Crippen MR) is 136 cm³/mol. The third kappa shape index (κ3) is 4.50. The quantitative estimate of drug-likeness (QED) is 0.464. The van der Waals surface area contributed by atoms with Crippen LogP contribution in [-0.2, 0) is 13.6 Å². The van der Waals surface area contributed by atoms with Crippen molar-refractivity contribution < 1.29 is 4.74 Å². The van der Waals surface area contributed by atoms with Crippen molar-refractivity contribution >= 4 is 21.6 Å². The lowest BCUT2D eigenvalue weighted by molar-refractivity contribution is 0.162. The molecule has 0 bridgehead atoms. The molecule has 1 aliphatic heterocycles. The highest BCUT2D eigenvalue weighted by Crippen LogP contribution is 2.41. The van der Waals surface area contributed by atoms with Gasteiger partial charge in [-0.2, -0.15) is 5.26 Å². The van der Waals surface area contributed by atoms with Crippen molar-refractivity contribution in [3.05, 3.63) is 79.6 Å². The Labute approximate surface area is 206 Å². The summed E-state index contributed by atoms with van der Waals surface area (Å²) in [5, 5.41) is 13.0. The van der Waals surface area contributed by atoms with Crippen molar-refractivity contribution in [3.63, 3.8) is 0 Å². The Bertz CT molecular complexity index is 1570. The van der Waals surface area contributed by atoms with E-state index < -0.39 is 0 Å². The molecule has 0 radical (unpaired) electrons. The normalized spacial score (nSPS) is 14.2. The highest BCUT2D eigenvalue weighted by atomic mass is 32.1. The van der Waals surface area contributed by atoms with Crippen molar-refractivity contribution in [1.82, 2.24) is 19.4 Å². The van der Waals surface area contributed by atoms with Gasteiger partial charge in [0.15, 0.2) is 0 Å². The zero-order chi connectivity index (χ0) is 24.5. The highest BCUT2D eigenvalue weighted by Gasteiger charge is 2.21. The van der Waals surface area contributed by atoms with E-state index in [9.17, 15) is 14.9 Å². The largest absolute Gasteiger partial charge is 0.489 e. The first-order valence-corrected chi connectivity index (χ1v) is 12.3. The van der Waals surface area contributed by atoms with Crippen molar-refractivity contribution in [1.29, 1.82) is 5.26 Å². The summed E-state index contributed by atoms with van der Waals surface area (Å²) < 4.78 is 10.0. The highest BCUT2D eigenvalue weighted by molar-refractivity contribution is 7.19. The summed E-state index contributed by atoms with van der Waals surface area (Å²) in [5.41, 5.74) is 3.33. The first-order chi connectivity index (χ1) is 16.9. The topological polar surface area (TPSA) is 102 Å². The maximum atomic E-state index is 12.5. The fourth-order valence-corrected chi connectivity index (χ4v) is 5.60. The fourth-order valence-electron chi connectivity index (χ4n) is 4.47. The molecule has 0 amide bonds. The van der Waals surface area contributed by atoms with Gasteiger partial charge >= 0.3 is 5.69 Å². The Morgan fingerprint density at radius 2 is 2.00 bits per heavy atom. The number of nitriles is 1. The predicted octanol–water partition coefficient (Wildman–Crippen LogP) is 3.18. The van der Waals surface area contributed by atoms with Gasteiger partial charge in [0.25, 0.3) is 5.56 Å². The molecular weight excluding hydrogens is 462 g/mol. The lowest BCUT2D eigenvalue weighted by atomic mass is 9.98. The van der Waals surface area contributed by atoms with E-state index in [1.807, 2.05) is 31.2 Å². The Kier molecular flexibility index (Phi) is 6.24. The monoisotopic (exact) mass is 487 g/mol. The van der Waals surface area contributed by atoms with Crippen LogP contribution in [0, 0.1) is 18.3 Å². The van der Waals surface area contributed by atoms with E-state index in [4.69, 9.17) is 4.74 Å². The molecule has 4 aromatic rings. The van der Waals surface area contributed by atoms with Gasteiger partial charge in [0.1, 0.15) is 11.9 Å². The molecule has 0 aliphatic carbocycles. The zero-order valence-corrected chi connectivity index (χ0v) is 20.4. The van der Waals surface area contributed by atoms with E-state index in [0.29, 0.717) is 5.56 Å². The summed E-state index contributed by atoms with van der Waals surface area (Å²) in [6.45, 7) is 3.97. The summed E-state index contributed by atoms with van der Waals surface area (Å²) in [5.74, 6) is 0.784. The van der Waals surface area contributed by atoms with Crippen LogP contribution in [0.4, 0.5) is 0 Å². The molecule has 5 rings (SSSR count). The molecule has 1 N–H and O–H groups in total. The van der Waals surface area contributed by atoms with Crippen LogP contribution in [-0.4, -0.2) is 33.3 Å². The molecule has 8 nitrogen and oxygen atoms in total. The number of rotatable bonds is 5. The smallest absolute Gasteiger partial charge is 0.331 e. The van der Waals surface area contributed by atoms with Gasteiger partial charge in [0, 0.05) is 41.5 Å². The number of thiophene rings is 1.